The summed E-state index contributed by atoms with van der Waals surface area (Å²) in [6, 6.07) is 15.7. The number of Topliss-reactive ketones (excluding diaryl/α,β-unsaturated/α-hetero) is 1. The summed E-state index contributed by atoms with van der Waals surface area (Å²) >= 11 is 0. The van der Waals surface area contributed by atoms with Gasteiger partial charge in [-0.1, -0.05) is 48.5 Å². The Morgan fingerprint density at radius 3 is 2.12 bits per heavy atom. The fraction of sp³-hybridized carbons (Fsp3) is 0.227. The second-order valence-corrected chi connectivity index (χ2v) is 6.46. The molecule has 0 bridgehead atoms. The van der Waals surface area contributed by atoms with Gasteiger partial charge in [-0.25, -0.2) is 9.98 Å². The summed E-state index contributed by atoms with van der Waals surface area (Å²) in [4.78, 5) is 25.1. The van der Waals surface area contributed by atoms with Gasteiger partial charge in [0.15, 0.2) is 5.78 Å². The van der Waals surface area contributed by atoms with E-state index in [1.54, 1.807) is 0 Å². The van der Waals surface area contributed by atoms with Gasteiger partial charge in [0.25, 0.3) is 0 Å². The normalized spacial score (nSPS) is 15.4. The highest BCUT2D eigenvalue weighted by Gasteiger charge is 2.35. The van der Waals surface area contributed by atoms with Crippen LogP contribution in [0.3, 0.4) is 0 Å². The quantitative estimate of drug-likeness (QED) is 0.842. The van der Waals surface area contributed by atoms with E-state index in [9.17, 15) is 4.79 Å². The largest absolute Gasteiger partial charge is 0.341 e. The highest BCUT2D eigenvalue weighted by Crippen LogP contribution is 2.37. The van der Waals surface area contributed by atoms with E-state index < -0.39 is 0 Å². The number of aliphatic imine (C=N–C) groups is 2. The summed E-state index contributed by atoms with van der Waals surface area (Å²) < 4.78 is 0. The van der Waals surface area contributed by atoms with E-state index in [1.807, 2.05) is 55.5 Å². The van der Waals surface area contributed by atoms with Crippen molar-refractivity contribution in [1.29, 1.82) is 0 Å². The molecule has 0 saturated heterocycles. The molecule has 0 N–H and O–H groups in total. The standard InChI is InChI=1S/C22H21N3O/c1-4-25(5-2)22-23-19-16-12-8-9-13-17(16)21(26)18(20(19)24-22)15-11-7-6-10-14(15)3/h6-13H,4-5H2,1-3H3. The van der Waals surface area contributed by atoms with Crippen LogP contribution in [0.15, 0.2) is 64.2 Å². The lowest BCUT2D eigenvalue weighted by Crippen LogP contribution is -2.28. The number of benzene rings is 2. The molecule has 1 aliphatic carbocycles. The smallest absolute Gasteiger partial charge is 0.226 e. The van der Waals surface area contributed by atoms with E-state index in [2.05, 4.69) is 18.7 Å². The minimum absolute atomic E-state index is 0.0217. The Bertz CT molecular complexity index is 994. The molecule has 0 aromatic heterocycles. The summed E-state index contributed by atoms with van der Waals surface area (Å²) in [5, 5.41) is 0. The fourth-order valence-electron chi connectivity index (χ4n) is 3.57. The zero-order chi connectivity index (χ0) is 18.3. The molecule has 0 atom stereocenters. The van der Waals surface area contributed by atoms with Crippen molar-refractivity contribution in [3.8, 4) is 0 Å². The van der Waals surface area contributed by atoms with Crippen LogP contribution in [-0.4, -0.2) is 35.4 Å². The average Bonchev–Trinajstić information content (AvgIpc) is 3.09. The minimum Gasteiger partial charge on any atom is -0.341 e. The van der Waals surface area contributed by atoms with Crippen molar-refractivity contribution < 1.29 is 4.79 Å². The molecule has 0 spiro atoms. The maximum atomic E-state index is 13.3. The number of hydrogen-bond acceptors (Lipinski definition) is 4. The topological polar surface area (TPSA) is 45.0 Å². The van der Waals surface area contributed by atoms with E-state index in [0.717, 1.165) is 35.5 Å². The Morgan fingerprint density at radius 1 is 0.846 bits per heavy atom. The SMILES string of the molecule is CCN(CC)C1=NC2=C(c3ccccc3C)C(=O)c3ccccc3C2=N1. The van der Waals surface area contributed by atoms with E-state index in [4.69, 9.17) is 9.98 Å². The molecule has 2 aliphatic rings. The third-order valence-electron chi connectivity index (χ3n) is 5.00. The van der Waals surface area contributed by atoms with E-state index in [1.165, 1.54) is 0 Å². The number of aryl methyl sites for hydroxylation is 1. The molecule has 0 fully saturated rings. The summed E-state index contributed by atoms with van der Waals surface area (Å²) in [7, 11) is 0. The number of guanidine groups is 1. The molecule has 0 unspecified atom stereocenters. The lowest BCUT2D eigenvalue weighted by Gasteiger charge is -2.20. The van der Waals surface area contributed by atoms with E-state index >= 15 is 0 Å². The Labute approximate surface area is 153 Å². The lowest BCUT2D eigenvalue weighted by molar-refractivity contribution is 0.105. The molecule has 130 valence electrons. The van der Waals surface area contributed by atoms with Crippen molar-refractivity contribution >= 4 is 23.0 Å². The Morgan fingerprint density at radius 2 is 1.46 bits per heavy atom. The maximum Gasteiger partial charge on any atom is 0.226 e. The first-order valence-electron chi connectivity index (χ1n) is 9.02. The molecule has 4 heteroatoms. The van der Waals surface area contributed by atoms with Gasteiger partial charge in [0.1, 0.15) is 11.4 Å². The van der Waals surface area contributed by atoms with Crippen LogP contribution >= 0.6 is 0 Å². The van der Waals surface area contributed by atoms with Crippen molar-refractivity contribution in [3.63, 3.8) is 0 Å². The Kier molecular flexibility index (Phi) is 4.03. The predicted octanol–water partition coefficient (Wildman–Crippen LogP) is 4.10. The van der Waals surface area contributed by atoms with Crippen molar-refractivity contribution in [2.75, 3.05) is 13.1 Å². The van der Waals surface area contributed by atoms with Gasteiger partial charge < -0.3 is 4.90 Å². The lowest BCUT2D eigenvalue weighted by atomic mass is 9.83. The van der Waals surface area contributed by atoms with Crippen molar-refractivity contribution in [1.82, 2.24) is 4.90 Å². The fourth-order valence-corrected chi connectivity index (χ4v) is 3.57. The van der Waals surface area contributed by atoms with Crippen LogP contribution in [0.1, 0.15) is 40.9 Å². The summed E-state index contributed by atoms with van der Waals surface area (Å²) in [6.45, 7) is 7.86. The molecular formula is C22H21N3O. The molecular weight excluding hydrogens is 322 g/mol. The molecule has 0 radical (unpaired) electrons. The van der Waals surface area contributed by atoms with Gasteiger partial charge in [0, 0.05) is 24.2 Å². The monoisotopic (exact) mass is 343 g/mol. The van der Waals surface area contributed by atoms with E-state index in [0.29, 0.717) is 22.8 Å². The number of carbonyl (C=O) groups excluding carboxylic acids is 1. The molecule has 1 aliphatic heterocycles. The van der Waals surface area contributed by atoms with Crippen LogP contribution in [0.25, 0.3) is 5.57 Å². The van der Waals surface area contributed by atoms with Gasteiger partial charge >= 0.3 is 0 Å². The third kappa shape index (κ3) is 2.41. The number of hydrogen-bond donors (Lipinski definition) is 0. The molecule has 0 saturated carbocycles. The molecule has 2 aromatic rings. The van der Waals surface area contributed by atoms with Gasteiger partial charge in [-0.05, 0) is 31.9 Å². The zero-order valence-electron chi connectivity index (χ0n) is 15.3. The van der Waals surface area contributed by atoms with Gasteiger partial charge in [-0.2, -0.15) is 0 Å². The average molecular weight is 343 g/mol. The number of fused-ring (bicyclic) bond motifs is 3. The van der Waals surface area contributed by atoms with Crippen LogP contribution < -0.4 is 0 Å². The van der Waals surface area contributed by atoms with Crippen LogP contribution in [0.5, 0.6) is 0 Å². The van der Waals surface area contributed by atoms with E-state index in [-0.39, 0.29) is 5.78 Å². The number of allylic oxidation sites excluding steroid dienone is 2. The second kappa shape index (κ2) is 6.37. The van der Waals surface area contributed by atoms with Gasteiger partial charge in [0.05, 0.1) is 5.57 Å². The highest BCUT2D eigenvalue weighted by molar-refractivity contribution is 6.43. The first-order chi connectivity index (χ1) is 12.7. The Balaban J connectivity index is 2.00. The van der Waals surface area contributed by atoms with Crippen LogP contribution in [0, 0.1) is 6.92 Å². The highest BCUT2D eigenvalue weighted by atomic mass is 16.1. The maximum absolute atomic E-state index is 13.3. The predicted molar refractivity (Wildman–Crippen MR) is 106 cm³/mol. The van der Waals surface area contributed by atoms with Gasteiger partial charge in [0.2, 0.25) is 5.96 Å². The van der Waals surface area contributed by atoms with Crippen molar-refractivity contribution in [2.45, 2.75) is 20.8 Å². The third-order valence-corrected chi connectivity index (χ3v) is 5.00. The minimum atomic E-state index is 0.0217. The molecule has 2 aromatic carbocycles. The van der Waals surface area contributed by atoms with Crippen LogP contribution in [-0.2, 0) is 0 Å². The summed E-state index contributed by atoms with van der Waals surface area (Å²) in [6.07, 6.45) is 0. The molecule has 1 heterocycles. The van der Waals surface area contributed by atoms with Gasteiger partial charge in [-0.15, -0.1) is 0 Å². The first kappa shape index (κ1) is 16.5. The molecule has 4 nitrogen and oxygen atoms in total. The van der Waals surface area contributed by atoms with Crippen molar-refractivity contribution in [2.24, 2.45) is 9.98 Å². The number of carbonyl (C=O) groups is 1. The summed E-state index contributed by atoms with van der Waals surface area (Å²) in [5.74, 6) is 0.712. The Hall–Kier alpha value is -3.01. The van der Waals surface area contributed by atoms with Crippen molar-refractivity contribution in [3.05, 3.63) is 76.5 Å². The number of ketones is 1. The number of nitrogens with zero attached hydrogens (tertiary/aromatic N) is 3. The summed E-state index contributed by atoms with van der Waals surface area (Å²) in [5.41, 5.74) is 5.72. The molecule has 0 amide bonds. The zero-order valence-corrected chi connectivity index (χ0v) is 15.3. The second-order valence-electron chi connectivity index (χ2n) is 6.46. The first-order valence-corrected chi connectivity index (χ1v) is 9.02. The van der Waals surface area contributed by atoms with Gasteiger partial charge in [-0.3, -0.25) is 4.79 Å². The van der Waals surface area contributed by atoms with Crippen LogP contribution in [0.4, 0.5) is 0 Å². The van der Waals surface area contributed by atoms with Crippen LogP contribution in [0.2, 0.25) is 0 Å². The molecule has 4 rings (SSSR count). The number of rotatable bonds is 3. The molecule has 26 heavy (non-hydrogen) atoms.